The zero-order valence-corrected chi connectivity index (χ0v) is 18.4. The zero-order valence-electron chi connectivity index (χ0n) is 13.6. The SMILES string of the molecule is CCCCCC(CC)C(CC(=O)[O-])(C(=O)[O-])S(=O)(=O)O.[Na+].[Na+]. The Morgan fingerprint density at radius 3 is 1.91 bits per heavy atom. The van der Waals surface area contributed by atoms with Crippen molar-refractivity contribution in [2.75, 3.05) is 0 Å². The van der Waals surface area contributed by atoms with E-state index in [0.29, 0.717) is 6.42 Å². The van der Waals surface area contributed by atoms with Crippen LogP contribution in [0.3, 0.4) is 0 Å². The van der Waals surface area contributed by atoms with Crippen LogP contribution in [-0.4, -0.2) is 29.7 Å². The summed E-state index contributed by atoms with van der Waals surface area (Å²) in [5, 5.41) is 22.0. The Hall–Kier alpha value is 0.850. The molecule has 0 aromatic rings. The van der Waals surface area contributed by atoms with E-state index < -0.39 is 39.1 Å². The molecule has 2 atom stereocenters. The molecule has 0 amide bonds. The summed E-state index contributed by atoms with van der Waals surface area (Å²) in [6.07, 6.45) is 1.05. The molecule has 0 rings (SSSR count). The summed E-state index contributed by atoms with van der Waals surface area (Å²) in [6.45, 7) is 3.45. The maximum Gasteiger partial charge on any atom is 1.00 e. The van der Waals surface area contributed by atoms with Crippen LogP contribution in [0.1, 0.15) is 52.4 Å². The largest absolute Gasteiger partial charge is 1.00 e. The molecule has 0 aromatic heterocycles. The first-order chi connectivity index (χ1) is 9.13. The van der Waals surface area contributed by atoms with Crippen molar-refractivity contribution in [2.24, 2.45) is 5.92 Å². The number of carboxylic acid groups (broad SMARTS) is 2. The molecule has 0 aromatic carbocycles. The molecule has 0 spiro atoms. The van der Waals surface area contributed by atoms with E-state index in [9.17, 15) is 32.8 Å². The minimum absolute atomic E-state index is 0. The van der Waals surface area contributed by atoms with E-state index in [0.717, 1.165) is 12.8 Å². The minimum Gasteiger partial charge on any atom is -0.550 e. The van der Waals surface area contributed by atoms with Crippen molar-refractivity contribution in [3.63, 3.8) is 0 Å². The van der Waals surface area contributed by atoms with Gasteiger partial charge in [-0.2, -0.15) is 8.42 Å². The van der Waals surface area contributed by atoms with Crippen molar-refractivity contribution in [2.45, 2.75) is 57.1 Å². The average Bonchev–Trinajstić information content (AvgIpc) is 2.30. The van der Waals surface area contributed by atoms with Crippen LogP contribution in [0.4, 0.5) is 0 Å². The maximum absolute atomic E-state index is 11.5. The summed E-state index contributed by atoms with van der Waals surface area (Å²) in [5.41, 5.74) is 0. The Labute approximate surface area is 175 Å². The summed E-state index contributed by atoms with van der Waals surface area (Å²) in [5.74, 6) is -5.01. The van der Waals surface area contributed by atoms with Gasteiger partial charge in [0.15, 0.2) is 0 Å². The molecule has 0 bridgehead atoms. The maximum atomic E-state index is 11.5. The molecule has 0 radical (unpaired) electrons. The van der Waals surface area contributed by atoms with Crippen molar-refractivity contribution >= 4 is 22.1 Å². The first kappa shape index (κ1) is 27.7. The van der Waals surface area contributed by atoms with Gasteiger partial charge in [0, 0.05) is 12.4 Å². The molecule has 0 aliphatic carbocycles. The van der Waals surface area contributed by atoms with Gasteiger partial charge in [0.2, 0.25) is 0 Å². The first-order valence-corrected chi connectivity index (χ1v) is 7.95. The molecular weight excluding hydrogens is 334 g/mol. The number of hydrogen-bond donors (Lipinski definition) is 1. The Morgan fingerprint density at radius 2 is 1.64 bits per heavy atom. The van der Waals surface area contributed by atoms with Crippen molar-refractivity contribution in [3.05, 3.63) is 0 Å². The quantitative estimate of drug-likeness (QED) is 0.234. The number of rotatable bonds is 10. The van der Waals surface area contributed by atoms with Gasteiger partial charge in [-0.3, -0.25) is 4.55 Å². The fourth-order valence-corrected chi connectivity index (χ4v) is 3.63. The number of unbranched alkanes of at least 4 members (excludes halogenated alkanes) is 2. The minimum atomic E-state index is -5.15. The summed E-state index contributed by atoms with van der Waals surface area (Å²) in [4.78, 5) is 22.0. The van der Waals surface area contributed by atoms with Gasteiger partial charge in [0.1, 0.15) is 4.75 Å². The second-order valence-electron chi connectivity index (χ2n) is 4.80. The topological polar surface area (TPSA) is 135 Å². The molecule has 0 fully saturated rings. The van der Waals surface area contributed by atoms with Crippen LogP contribution >= 0.6 is 0 Å². The van der Waals surface area contributed by atoms with E-state index in [2.05, 4.69) is 0 Å². The molecule has 7 nitrogen and oxygen atoms in total. The van der Waals surface area contributed by atoms with Gasteiger partial charge >= 0.3 is 59.1 Å². The van der Waals surface area contributed by atoms with Gasteiger partial charge in [-0.05, 0) is 12.3 Å². The third kappa shape index (κ3) is 7.17. The standard InChI is InChI=1S/C12H22O7S.2Na/c1-3-5-6-7-9(4-2)12(11(15)16,8-10(13)14)20(17,18)19;;/h9H,3-8H2,1-2H3,(H,13,14)(H,15,16)(H,17,18,19);;/q;2*+1/p-2. The normalized spacial score (nSPS) is 14.9. The fourth-order valence-electron chi connectivity index (χ4n) is 2.41. The molecule has 0 saturated heterocycles. The van der Waals surface area contributed by atoms with Crippen molar-refractivity contribution < 1.29 is 91.9 Å². The summed E-state index contributed by atoms with van der Waals surface area (Å²) in [6, 6.07) is 0. The van der Waals surface area contributed by atoms with E-state index in [1.165, 1.54) is 6.92 Å². The first-order valence-electron chi connectivity index (χ1n) is 6.51. The molecule has 0 heterocycles. The number of aliphatic carboxylic acids is 2. The molecule has 118 valence electrons. The molecule has 2 unspecified atom stereocenters. The van der Waals surface area contributed by atoms with Crippen molar-refractivity contribution in [1.29, 1.82) is 0 Å². The van der Waals surface area contributed by atoms with E-state index in [1.54, 1.807) is 0 Å². The molecule has 10 heteroatoms. The predicted octanol–water partition coefficient (Wildman–Crippen LogP) is -6.88. The fraction of sp³-hybridized carbons (Fsp3) is 0.833. The summed E-state index contributed by atoms with van der Waals surface area (Å²) in [7, 11) is -5.15. The second-order valence-corrected chi connectivity index (χ2v) is 6.48. The van der Waals surface area contributed by atoms with Crippen molar-refractivity contribution in [3.8, 4) is 0 Å². The van der Waals surface area contributed by atoms with E-state index in [1.807, 2.05) is 6.92 Å². The average molecular weight is 354 g/mol. The number of carbonyl (C=O) groups excluding carboxylic acids is 2. The van der Waals surface area contributed by atoms with Crippen molar-refractivity contribution in [1.82, 2.24) is 0 Å². The van der Waals surface area contributed by atoms with Crippen LogP contribution in [0.2, 0.25) is 0 Å². The predicted molar refractivity (Wildman–Crippen MR) is 66.8 cm³/mol. The smallest absolute Gasteiger partial charge is 0.550 e. The Morgan fingerprint density at radius 1 is 1.14 bits per heavy atom. The third-order valence-corrected chi connectivity index (χ3v) is 5.09. The van der Waals surface area contributed by atoms with E-state index >= 15 is 0 Å². The number of carbonyl (C=O) groups is 2. The molecule has 22 heavy (non-hydrogen) atoms. The second kappa shape index (κ2) is 12.2. The van der Waals surface area contributed by atoms with Gasteiger partial charge < -0.3 is 19.8 Å². The molecule has 1 N–H and O–H groups in total. The third-order valence-electron chi connectivity index (χ3n) is 3.52. The van der Waals surface area contributed by atoms with Crippen LogP contribution in [0.25, 0.3) is 0 Å². The van der Waals surface area contributed by atoms with Gasteiger partial charge in [-0.15, -0.1) is 0 Å². The van der Waals surface area contributed by atoms with Crippen LogP contribution in [0.5, 0.6) is 0 Å². The Bertz CT molecular complexity index is 452. The Balaban J connectivity index is -0.00000180. The summed E-state index contributed by atoms with van der Waals surface area (Å²) < 4.78 is 29.4. The Kier molecular flexibility index (Phi) is 15.4. The van der Waals surface area contributed by atoms with Crippen LogP contribution in [0, 0.1) is 5.92 Å². The molecule has 0 saturated carbocycles. The van der Waals surface area contributed by atoms with Gasteiger partial charge in [0.25, 0.3) is 10.1 Å². The van der Waals surface area contributed by atoms with Crippen LogP contribution in [0.15, 0.2) is 0 Å². The van der Waals surface area contributed by atoms with E-state index in [4.69, 9.17) is 0 Å². The molecule has 0 aliphatic heterocycles. The van der Waals surface area contributed by atoms with Gasteiger partial charge in [-0.25, -0.2) is 0 Å². The van der Waals surface area contributed by atoms with Crippen LogP contribution in [-0.2, 0) is 19.7 Å². The number of hydrogen-bond acceptors (Lipinski definition) is 6. The van der Waals surface area contributed by atoms with Gasteiger partial charge in [0.05, 0.1) is 5.97 Å². The summed E-state index contributed by atoms with van der Waals surface area (Å²) >= 11 is 0. The molecule has 0 aliphatic rings. The molecular formula is C12H20Na2O7S. The number of carboxylic acids is 2. The van der Waals surface area contributed by atoms with E-state index in [-0.39, 0.29) is 72.0 Å². The monoisotopic (exact) mass is 354 g/mol. The van der Waals surface area contributed by atoms with Gasteiger partial charge in [-0.1, -0.05) is 39.5 Å². The van der Waals surface area contributed by atoms with Crippen LogP contribution < -0.4 is 69.3 Å². The zero-order chi connectivity index (χ0) is 16.0.